The van der Waals surface area contributed by atoms with Crippen LogP contribution in [0.3, 0.4) is 0 Å². The Bertz CT molecular complexity index is 1330. The Kier molecular flexibility index (Phi) is 6.07. The summed E-state index contributed by atoms with van der Waals surface area (Å²) in [6.07, 6.45) is 7.68. The van der Waals surface area contributed by atoms with E-state index >= 15 is 0 Å². The van der Waals surface area contributed by atoms with Crippen LogP contribution in [-0.2, 0) is 11.0 Å². The van der Waals surface area contributed by atoms with Crippen LogP contribution in [0.2, 0.25) is 0 Å². The highest BCUT2D eigenvalue weighted by Gasteiger charge is 2.42. The molecule has 3 saturated heterocycles. The van der Waals surface area contributed by atoms with E-state index in [0.29, 0.717) is 19.6 Å². The summed E-state index contributed by atoms with van der Waals surface area (Å²) >= 11 is 0. The maximum absolute atomic E-state index is 12.8. The fourth-order valence-corrected chi connectivity index (χ4v) is 5.93. The van der Waals surface area contributed by atoms with Crippen molar-refractivity contribution in [3.8, 4) is 0 Å². The molecule has 0 spiro atoms. The first-order chi connectivity index (χ1) is 18.3. The van der Waals surface area contributed by atoms with E-state index in [4.69, 9.17) is 4.98 Å². The number of piperidine rings is 1. The van der Waals surface area contributed by atoms with Crippen LogP contribution in [0.25, 0.3) is 5.52 Å². The Morgan fingerprint density at radius 1 is 1.00 bits per heavy atom. The molecule has 1 N–H and O–H groups in total. The Balaban J connectivity index is 1.18. The number of fused-ring (bicyclic) bond motifs is 3. The highest BCUT2D eigenvalue weighted by atomic mass is 19.4. The summed E-state index contributed by atoms with van der Waals surface area (Å²) in [6.45, 7) is 6.49. The molecule has 3 aromatic heterocycles. The number of hydrogen-bond donors (Lipinski definition) is 1. The van der Waals surface area contributed by atoms with Gasteiger partial charge in [0.25, 0.3) is 0 Å². The van der Waals surface area contributed by atoms with Crippen LogP contribution in [0.15, 0.2) is 43.6 Å². The normalized spacial score (nSPS) is 23.7. The first-order valence-corrected chi connectivity index (χ1v) is 12.7. The molecule has 0 aromatic carbocycles. The van der Waals surface area contributed by atoms with Crippen LogP contribution in [0.1, 0.15) is 31.2 Å². The Labute approximate surface area is 217 Å². The first kappa shape index (κ1) is 24.4. The van der Waals surface area contributed by atoms with E-state index in [9.17, 15) is 18.0 Å². The van der Waals surface area contributed by atoms with E-state index in [1.165, 1.54) is 6.08 Å². The number of piperazine rings is 1. The number of nitrogens with zero attached hydrogens (tertiary/aromatic N) is 8. The molecule has 0 radical (unpaired) electrons. The van der Waals surface area contributed by atoms with Crippen LogP contribution in [0.5, 0.6) is 0 Å². The van der Waals surface area contributed by atoms with Crippen molar-refractivity contribution in [3.63, 3.8) is 0 Å². The quantitative estimate of drug-likeness (QED) is 0.507. The van der Waals surface area contributed by atoms with Crippen molar-refractivity contribution in [2.45, 2.75) is 50.0 Å². The van der Waals surface area contributed by atoms with E-state index in [1.807, 2.05) is 21.7 Å². The van der Waals surface area contributed by atoms with E-state index in [-0.39, 0.29) is 30.0 Å². The lowest BCUT2D eigenvalue weighted by molar-refractivity contribution is -0.138. The van der Waals surface area contributed by atoms with Gasteiger partial charge in [0.1, 0.15) is 5.52 Å². The zero-order chi connectivity index (χ0) is 26.4. The third-order valence-electron chi connectivity index (χ3n) is 7.65. The molecule has 200 valence electrons. The molecule has 1 amide bonds. The zero-order valence-corrected chi connectivity index (χ0v) is 20.7. The van der Waals surface area contributed by atoms with E-state index in [2.05, 4.69) is 36.6 Å². The van der Waals surface area contributed by atoms with Gasteiger partial charge in [-0.3, -0.25) is 9.20 Å². The van der Waals surface area contributed by atoms with Crippen LogP contribution >= 0.6 is 0 Å². The van der Waals surface area contributed by atoms with Gasteiger partial charge < -0.3 is 20.0 Å². The number of carbonyl (C=O) groups is 1. The molecular formula is C25H28F3N9O. The summed E-state index contributed by atoms with van der Waals surface area (Å²) in [5.41, 5.74) is 0.0230. The van der Waals surface area contributed by atoms with Gasteiger partial charge >= 0.3 is 6.18 Å². The molecule has 3 aliphatic rings. The second-order valence-corrected chi connectivity index (χ2v) is 10.0. The summed E-state index contributed by atoms with van der Waals surface area (Å²) in [6, 6.07) is 0.246. The minimum absolute atomic E-state index is 0.00934. The lowest BCUT2D eigenvalue weighted by Gasteiger charge is -2.41. The predicted octanol–water partition coefficient (Wildman–Crippen LogP) is 2.98. The van der Waals surface area contributed by atoms with Gasteiger partial charge in [-0.25, -0.2) is 19.9 Å². The minimum Gasteiger partial charge on any atom is -0.351 e. The van der Waals surface area contributed by atoms with Gasteiger partial charge in [-0.1, -0.05) is 6.58 Å². The standard InChI is InChI=1S/C25H28F3N9O/c1-2-21(38)37-18-5-6-19(37)15-35(14-18)22-20-12-32-24(36(20)9-7-29-22)34-8-3-4-17(13-34)33-23-30-10-16(11-31-23)25(26,27)28/h2,7,9-12,17-19H,1,3-6,8,13-15H2,(H,30,31,33). The molecule has 10 nitrogen and oxygen atoms in total. The molecule has 3 unspecified atom stereocenters. The van der Waals surface area contributed by atoms with Gasteiger partial charge in [0.2, 0.25) is 17.8 Å². The summed E-state index contributed by atoms with van der Waals surface area (Å²) in [5, 5.41) is 3.17. The average molecular weight is 528 g/mol. The van der Waals surface area contributed by atoms with E-state index in [1.54, 1.807) is 6.20 Å². The van der Waals surface area contributed by atoms with Gasteiger partial charge in [-0.05, 0) is 31.8 Å². The fourth-order valence-electron chi connectivity index (χ4n) is 5.93. The SMILES string of the molecule is C=CC(=O)N1C2CCC1CN(c1nccn3c(N4CCCC(Nc5ncc(C(F)(F)F)cn5)C4)ncc13)C2. The molecule has 3 fully saturated rings. The van der Waals surface area contributed by atoms with Crippen molar-refractivity contribution < 1.29 is 18.0 Å². The van der Waals surface area contributed by atoms with Crippen LogP contribution in [0.4, 0.5) is 30.9 Å². The highest BCUT2D eigenvalue weighted by Crippen LogP contribution is 2.34. The van der Waals surface area contributed by atoms with Crippen LogP contribution < -0.4 is 15.1 Å². The van der Waals surface area contributed by atoms with Gasteiger partial charge in [0.05, 0.1) is 11.8 Å². The Morgan fingerprint density at radius 2 is 1.74 bits per heavy atom. The summed E-state index contributed by atoms with van der Waals surface area (Å²) < 4.78 is 40.5. The summed E-state index contributed by atoms with van der Waals surface area (Å²) in [4.78, 5) is 35.8. The van der Waals surface area contributed by atoms with Crippen molar-refractivity contribution in [2.75, 3.05) is 41.3 Å². The molecule has 3 atom stereocenters. The third-order valence-corrected chi connectivity index (χ3v) is 7.65. The van der Waals surface area contributed by atoms with Crippen molar-refractivity contribution in [1.29, 1.82) is 0 Å². The first-order valence-electron chi connectivity index (χ1n) is 12.7. The van der Waals surface area contributed by atoms with Gasteiger partial charge in [-0.2, -0.15) is 13.2 Å². The third kappa shape index (κ3) is 4.39. The van der Waals surface area contributed by atoms with Gasteiger partial charge in [0, 0.05) is 69.1 Å². The molecule has 13 heteroatoms. The largest absolute Gasteiger partial charge is 0.419 e. The smallest absolute Gasteiger partial charge is 0.351 e. The van der Waals surface area contributed by atoms with Crippen molar-refractivity contribution in [2.24, 2.45) is 0 Å². The second-order valence-electron chi connectivity index (χ2n) is 10.0. The monoisotopic (exact) mass is 527 g/mol. The zero-order valence-electron chi connectivity index (χ0n) is 20.7. The number of imidazole rings is 1. The lowest BCUT2D eigenvalue weighted by Crippen LogP contribution is -2.55. The van der Waals surface area contributed by atoms with Crippen molar-refractivity contribution in [1.82, 2.24) is 29.2 Å². The molecule has 6 rings (SSSR count). The predicted molar refractivity (Wildman–Crippen MR) is 135 cm³/mol. The maximum atomic E-state index is 12.8. The number of amides is 1. The number of alkyl halides is 3. The van der Waals surface area contributed by atoms with Crippen molar-refractivity contribution in [3.05, 3.63) is 49.2 Å². The van der Waals surface area contributed by atoms with Crippen molar-refractivity contribution >= 4 is 29.1 Å². The molecule has 0 saturated carbocycles. The maximum Gasteiger partial charge on any atom is 0.419 e. The van der Waals surface area contributed by atoms with Gasteiger partial charge in [-0.15, -0.1) is 0 Å². The fraction of sp³-hybridized carbons (Fsp3) is 0.480. The number of rotatable bonds is 5. The molecular weight excluding hydrogens is 499 g/mol. The molecule has 2 bridgehead atoms. The minimum atomic E-state index is -4.47. The molecule has 6 heterocycles. The van der Waals surface area contributed by atoms with Crippen LogP contribution in [-0.4, -0.2) is 79.4 Å². The van der Waals surface area contributed by atoms with Crippen LogP contribution in [0, 0.1) is 0 Å². The number of carbonyl (C=O) groups excluding carboxylic acids is 1. The molecule has 0 aliphatic carbocycles. The molecule has 38 heavy (non-hydrogen) atoms. The second kappa shape index (κ2) is 9.44. The Morgan fingerprint density at radius 3 is 2.42 bits per heavy atom. The summed E-state index contributed by atoms with van der Waals surface area (Å²) in [5.74, 6) is 1.79. The van der Waals surface area contributed by atoms with E-state index in [0.717, 1.165) is 61.9 Å². The molecule has 3 aliphatic heterocycles. The number of halogens is 3. The number of anilines is 3. The number of nitrogens with one attached hydrogen (secondary N) is 1. The number of aromatic nitrogens is 5. The summed E-state index contributed by atoms with van der Waals surface area (Å²) in [7, 11) is 0. The molecule has 3 aromatic rings. The lowest BCUT2D eigenvalue weighted by atomic mass is 10.1. The number of hydrogen-bond acceptors (Lipinski definition) is 8. The van der Waals surface area contributed by atoms with E-state index < -0.39 is 11.7 Å². The average Bonchev–Trinajstić information content (AvgIpc) is 3.46. The Hall–Kier alpha value is -3.90. The van der Waals surface area contributed by atoms with Gasteiger partial charge in [0.15, 0.2) is 5.82 Å². The highest BCUT2D eigenvalue weighted by molar-refractivity contribution is 5.88. The topological polar surface area (TPSA) is 94.8 Å².